The van der Waals surface area contributed by atoms with E-state index in [1.54, 1.807) is 0 Å². The van der Waals surface area contributed by atoms with Crippen molar-refractivity contribution in [3.05, 3.63) is 59.4 Å². The number of nitrogens with zero attached hydrogens (tertiary/aromatic N) is 7. The van der Waals surface area contributed by atoms with Crippen LogP contribution in [-0.4, -0.2) is 72.2 Å². The molecule has 4 aromatic rings. The van der Waals surface area contributed by atoms with E-state index >= 15 is 0 Å². The van der Waals surface area contributed by atoms with Crippen molar-refractivity contribution >= 4 is 40.4 Å². The first kappa shape index (κ1) is 23.8. The molecule has 0 spiro atoms. The zero-order valence-corrected chi connectivity index (χ0v) is 21.5. The third-order valence-electron chi connectivity index (χ3n) is 6.34. The summed E-state index contributed by atoms with van der Waals surface area (Å²) in [5, 5.41) is 11.6. The summed E-state index contributed by atoms with van der Waals surface area (Å²) in [5.74, 6) is 0.454. The quantitative estimate of drug-likeness (QED) is 0.297. The van der Waals surface area contributed by atoms with Gasteiger partial charge in [-0.05, 0) is 60.7 Å². The lowest BCUT2D eigenvalue weighted by atomic mass is 9.99. The Bertz CT molecular complexity index is 1450. The summed E-state index contributed by atoms with van der Waals surface area (Å²) in [4.78, 5) is 16.6. The van der Waals surface area contributed by atoms with Crippen molar-refractivity contribution in [3.8, 4) is 22.4 Å². The summed E-state index contributed by atoms with van der Waals surface area (Å²) in [7, 11) is 6.16. The Balaban J connectivity index is 1.51. The molecule has 0 bridgehead atoms. The van der Waals surface area contributed by atoms with Crippen LogP contribution >= 0.6 is 12.2 Å². The van der Waals surface area contributed by atoms with Crippen LogP contribution in [0.3, 0.4) is 0 Å². The normalized spacial score (nSPS) is 14.6. The molecule has 3 heterocycles. The molecule has 5 rings (SSSR count). The number of rotatable bonds is 5. The molecule has 1 aliphatic rings. The first-order valence-corrected chi connectivity index (χ1v) is 12.2. The number of likely N-dealkylation sites (N-methyl/N-ethyl adjacent to an activating group) is 1. The molecule has 0 aliphatic carbocycles. The summed E-state index contributed by atoms with van der Waals surface area (Å²) in [5.41, 5.74) is 12.5. The summed E-state index contributed by atoms with van der Waals surface area (Å²) in [6.45, 7) is 3.76. The van der Waals surface area contributed by atoms with E-state index in [9.17, 15) is 0 Å². The van der Waals surface area contributed by atoms with Crippen LogP contribution in [0.1, 0.15) is 0 Å². The van der Waals surface area contributed by atoms with Crippen LogP contribution in [0.5, 0.6) is 0 Å². The lowest BCUT2D eigenvalue weighted by molar-refractivity contribution is 0.150. The van der Waals surface area contributed by atoms with E-state index in [0.29, 0.717) is 16.2 Å². The first-order chi connectivity index (χ1) is 17.4. The molecule has 3 N–H and O–H groups in total. The van der Waals surface area contributed by atoms with Crippen LogP contribution in [0.25, 0.3) is 33.4 Å². The number of anilines is 2. The minimum Gasteiger partial charge on any atom is -0.385 e. The highest BCUT2D eigenvalue weighted by molar-refractivity contribution is 7.71. The molecule has 0 amide bonds. The second-order valence-electron chi connectivity index (χ2n) is 9.14. The van der Waals surface area contributed by atoms with Crippen molar-refractivity contribution in [1.29, 1.82) is 0 Å². The third kappa shape index (κ3) is 5.05. The number of benzene rings is 2. The topological polar surface area (TPSA) is 102 Å². The zero-order valence-electron chi connectivity index (χ0n) is 20.6. The lowest BCUT2D eigenvalue weighted by Gasteiger charge is -2.29. The molecule has 1 fully saturated rings. The number of nitrogen functional groups attached to an aromatic ring is 1. The van der Waals surface area contributed by atoms with Gasteiger partial charge in [0, 0.05) is 38.4 Å². The van der Waals surface area contributed by atoms with Gasteiger partial charge in [-0.3, -0.25) is 5.01 Å². The average Bonchev–Trinajstić information content (AvgIpc) is 2.88. The third-order valence-corrected chi connectivity index (χ3v) is 6.54. The van der Waals surface area contributed by atoms with Gasteiger partial charge in [-0.1, -0.05) is 29.5 Å². The first-order valence-electron chi connectivity index (χ1n) is 11.8. The van der Waals surface area contributed by atoms with E-state index in [1.165, 1.54) is 0 Å². The molecule has 2 aromatic carbocycles. The Labute approximate surface area is 215 Å². The molecule has 36 heavy (non-hydrogen) atoms. The van der Waals surface area contributed by atoms with Gasteiger partial charge in [0.05, 0.1) is 29.9 Å². The second kappa shape index (κ2) is 10.00. The maximum absolute atomic E-state index is 6.34. The molecular weight excluding hydrogens is 470 g/mol. The highest BCUT2D eigenvalue weighted by atomic mass is 32.1. The number of H-pyrrole nitrogens is 1. The minimum atomic E-state index is 0.304. The van der Waals surface area contributed by atoms with Gasteiger partial charge >= 0.3 is 0 Å². The average molecular weight is 500 g/mol. The fourth-order valence-electron chi connectivity index (χ4n) is 4.19. The number of piperazine rings is 1. The Morgan fingerprint density at radius 1 is 0.944 bits per heavy atom. The second-order valence-corrected chi connectivity index (χ2v) is 9.53. The van der Waals surface area contributed by atoms with Gasteiger partial charge in [0.15, 0.2) is 10.4 Å². The van der Waals surface area contributed by atoms with Crippen LogP contribution < -0.4 is 10.6 Å². The van der Waals surface area contributed by atoms with Crippen LogP contribution in [0.4, 0.5) is 17.2 Å². The number of hydrogen-bond acceptors (Lipinski definition) is 8. The Morgan fingerprint density at radius 2 is 1.61 bits per heavy atom. The molecule has 0 unspecified atom stereocenters. The van der Waals surface area contributed by atoms with Crippen LogP contribution in [-0.2, 0) is 0 Å². The Morgan fingerprint density at radius 3 is 2.28 bits per heavy atom. The molecule has 9 nitrogen and oxygen atoms in total. The number of pyridine rings is 1. The Hall–Kier alpha value is -3.89. The predicted molar refractivity (Wildman–Crippen MR) is 148 cm³/mol. The highest BCUT2D eigenvalue weighted by Gasteiger charge is 2.15. The van der Waals surface area contributed by atoms with E-state index in [0.717, 1.165) is 65.3 Å². The van der Waals surface area contributed by atoms with Crippen molar-refractivity contribution in [2.45, 2.75) is 0 Å². The standard InChI is InChI=1S/C26H29N9S/c1-33(2)20-10-6-17(7-11-20)21-16-22(28-25-23(21)24(27)29-26(36)30-25)18-4-8-19(9-5-18)31-32-35-14-12-34(3)13-15-35/h4-11,16H,12-15H2,1-3H3,(H3,27,28,29,30,36). The number of fused-ring (bicyclic) bond motifs is 1. The van der Waals surface area contributed by atoms with Gasteiger partial charge in [-0.15, -0.1) is 5.11 Å². The predicted octanol–water partition coefficient (Wildman–Crippen LogP) is 4.92. The maximum Gasteiger partial charge on any atom is 0.200 e. The van der Waals surface area contributed by atoms with Crippen LogP contribution in [0, 0.1) is 4.77 Å². The summed E-state index contributed by atoms with van der Waals surface area (Å²) < 4.78 is 0.304. The van der Waals surface area contributed by atoms with E-state index in [4.69, 9.17) is 22.9 Å². The number of nitrogens with two attached hydrogens (primary N) is 1. The van der Waals surface area contributed by atoms with Gasteiger partial charge in [-0.25, -0.2) is 4.98 Å². The van der Waals surface area contributed by atoms with E-state index in [1.807, 2.05) is 49.4 Å². The van der Waals surface area contributed by atoms with E-state index in [2.05, 4.69) is 61.4 Å². The van der Waals surface area contributed by atoms with Gasteiger partial charge in [0.25, 0.3) is 0 Å². The van der Waals surface area contributed by atoms with Crippen molar-refractivity contribution in [2.24, 2.45) is 10.3 Å². The molecule has 10 heteroatoms. The van der Waals surface area contributed by atoms with Crippen LogP contribution in [0.15, 0.2) is 64.9 Å². The Kier molecular flexibility index (Phi) is 6.62. The number of nitrogens with one attached hydrogen (secondary N) is 1. The zero-order chi connectivity index (χ0) is 25.2. The summed E-state index contributed by atoms with van der Waals surface area (Å²) >= 11 is 5.28. The molecule has 1 saturated heterocycles. The fraction of sp³-hybridized carbons (Fsp3) is 0.269. The smallest absolute Gasteiger partial charge is 0.200 e. The molecule has 0 radical (unpaired) electrons. The van der Waals surface area contributed by atoms with Crippen molar-refractivity contribution in [2.75, 3.05) is 58.0 Å². The SMILES string of the molecule is CN1CCN(N=Nc2ccc(-c3cc(-c4ccc(N(C)C)cc4)c4c(N)[nH]c(=S)nc4n3)cc2)CC1. The maximum atomic E-state index is 6.34. The van der Waals surface area contributed by atoms with E-state index < -0.39 is 0 Å². The van der Waals surface area contributed by atoms with Crippen molar-refractivity contribution in [3.63, 3.8) is 0 Å². The largest absolute Gasteiger partial charge is 0.385 e. The van der Waals surface area contributed by atoms with Gasteiger partial charge in [0.1, 0.15) is 5.82 Å². The number of aromatic nitrogens is 3. The van der Waals surface area contributed by atoms with Gasteiger partial charge in [-0.2, -0.15) is 4.98 Å². The lowest BCUT2D eigenvalue weighted by Crippen LogP contribution is -2.41. The fourth-order valence-corrected chi connectivity index (χ4v) is 4.39. The minimum absolute atomic E-state index is 0.304. The molecule has 0 saturated carbocycles. The highest BCUT2D eigenvalue weighted by Crippen LogP contribution is 2.35. The van der Waals surface area contributed by atoms with Gasteiger partial charge < -0.3 is 20.5 Å². The number of aromatic amines is 1. The number of hydrogen-bond donors (Lipinski definition) is 2. The molecule has 1 aliphatic heterocycles. The molecular formula is C26H29N9S. The van der Waals surface area contributed by atoms with Crippen molar-refractivity contribution < 1.29 is 0 Å². The summed E-state index contributed by atoms with van der Waals surface area (Å²) in [6.07, 6.45) is 0. The van der Waals surface area contributed by atoms with Crippen molar-refractivity contribution in [1.82, 2.24) is 24.9 Å². The molecule has 2 aromatic heterocycles. The molecule has 184 valence electrons. The van der Waals surface area contributed by atoms with Crippen LogP contribution in [0.2, 0.25) is 0 Å². The van der Waals surface area contributed by atoms with E-state index in [-0.39, 0.29) is 0 Å². The summed E-state index contributed by atoms with van der Waals surface area (Å²) in [6, 6.07) is 18.3. The van der Waals surface area contributed by atoms with Gasteiger partial charge in [0.2, 0.25) is 0 Å². The monoisotopic (exact) mass is 499 g/mol. The molecule has 0 atom stereocenters.